The van der Waals surface area contributed by atoms with Crippen LogP contribution in [-0.4, -0.2) is 9.97 Å². The fourth-order valence-corrected chi connectivity index (χ4v) is 2.05. The van der Waals surface area contributed by atoms with Crippen molar-refractivity contribution >= 4 is 56.6 Å². The van der Waals surface area contributed by atoms with Gasteiger partial charge in [-0.05, 0) is 18.2 Å². The summed E-state index contributed by atoms with van der Waals surface area (Å²) in [5.74, 6) is 0.563. The second-order valence-corrected chi connectivity index (χ2v) is 4.90. The Kier molecular flexibility index (Phi) is 3.71. The number of benzene rings is 1. The molecule has 0 aliphatic carbocycles. The van der Waals surface area contributed by atoms with Crippen molar-refractivity contribution in [3.63, 3.8) is 0 Å². The smallest absolute Gasteiger partial charge is 0.222 e. The van der Waals surface area contributed by atoms with Crippen LogP contribution in [0.5, 0.6) is 0 Å². The number of halogens is 3. The Bertz CT molecular complexity index is 562. The summed E-state index contributed by atoms with van der Waals surface area (Å²) < 4.78 is 0.890. The molecular formula is C10H7BrCl2N4. The van der Waals surface area contributed by atoms with E-state index in [0.717, 1.165) is 4.47 Å². The van der Waals surface area contributed by atoms with Gasteiger partial charge in [0.1, 0.15) is 5.02 Å². The zero-order valence-electron chi connectivity index (χ0n) is 8.42. The third kappa shape index (κ3) is 3.00. The Balaban J connectivity index is 2.34. The van der Waals surface area contributed by atoms with Crippen LogP contribution in [0.4, 0.5) is 17.5 Å². The van der Waals surface area contributed by atoms with Crippen molar-refractivity contribution in [2.24, 2.45) is 0 Å². The minimum Gasteiger partial charge on any atom is -0.368 e. The highest BCUT2D eigenvalue weighted by Gasteiger charge is 2.07. The van der Waals surface area contributed by atoms with Gasteiger partial charge in [0.25, 0.3) is 0 Å². The molecule has 1 aromatic heterocycles. The molecule has 17 heavy (non-hydrogen) atoms. The molecule has 7 heteroatoms. The number of hydrogen-bond acceptors (Lipinski definition) is 4. The predicted octanol–water partition coefficient (Wildman–Crippen LogP) is 3.87. The van der Waals surface area contributed by atoms with Gasteiger partial charge in [0.05, 0.1) is 16.9 Å². The first-order valence-corrected chi connectivity index (χ1v) is 6.11. The monoisotopic (exact) mass is 332 g/mol. The van der Waals surface area contributed by atoms with Crippen LogP contribution in [0.3, 0.4) is 0 Å². The largest absolute Gasteiger partial charge is 0.368 e. The predicted molar refractivity (Wildman–Crippen MR) is 73.9 cm³/mol. The molecule has 3 N–H and O–H groups in total. The lowest BCUT2D eigenvalue weighted by Crippen LogP contribution is -2.00. The van der Waals surface area contributed by atoms with Gasteiger partial charge in [-0.25, -0.2) is 4.98 Å². The van der Waals surface area contributed by atoms with Crippen molar-refractivity contribution < 1.29 is 0 Å². The summed E-state index contributed by atoms with van der Waals surface area (Å²) in [6.45, 7) is 0. The Morgan fingerprint density at radius 2 is 2.00 bits per heavy atom. The number of anilines is 3. The van der Waals surface area contributed by atoms with E-state index in [-0.39, 0.29) is 5.95 Å². The first-order valence-electron chi connectivity index (χ1n) is 4.56. The molecule has 0 aliphatic rings. The molecule has 4 nitrogen and oxygen atoms in total. The molecule has 0 aliphatic heterocycles. The molecule has 0 saturated heterocycles. The first kappa shape index (κ1) is 12.4. The van der Waals surface area contributed by atoms with Crippen LogP contribution in [0.1, 0.15) is 0 Å². The topological polar surface area (TPSA) is 63.8 Å². The van der Waals surface area contributed by atoms with Gasteiger partial charge in [-0.2, -0.15) is 4.98 Å². The number of nitrogens with zero attached hydrogens (tertiary/aromatic N) is 2. The van der Waals surface area contributed by atoms with Crippen LogP contribution in [0, 0.1) is 0 Å². The second-order valence-electron chi connectivity index (χ2n) is 3.17. The first-order chi connectivity index (χ1) is 8.06. The van der Waals surface area contributed by atoms with Crippen LogP contribution in [0.15, 0.2) is 28.9 Å². The van der Waals surface area contributed by atoms with E-state index in [2.05, 4.69) is 31.2 Å². The minimum atomic E-state index is 0.144. The second kappa shape index (κ2) is 5.08. The van der Waals surface area contributed by atoms with Crippen molar-refractivity contribution in [1.82, 2.24) is 9.97 Å². The summed E-state index contributed by atoms with van der Waals surface area (Å²) in [7, 11) is 0. The molecule has 0 bridgehead atoms. The van der Waals surface area contributed by atoms with Gasteiger partial charge in [0, 0.05) is 4.47 Å². The maximum Gasteiger partial charge on any atom is 0.222 e. The number of nitrogens with two attached hydrogens (primary N) is 1. The van der Waals surface area contributed by atoms with E-state index in [1.807, 2.05) is 6.07 Å². The molecule has 0 spiro atoms. The molecule has 2 rings (SSSR count). The van der Waals surface area contributed by atoms with Crippen molar-refractivity contribution in [2.75, 3.05) is 11.1 Å². The molecule has 0 saturated carbocycles. The number of hydrogen-bond donors (Lipinski definition) is 2. The number of rotatable bonds is 2. The van der Waals surface area contributed by atoms with Crippen LogP contribution in [-0.2, 0) is 0 Å². The van der Waals surface area contributed by atoms with E-state index in [4.69, 9.17) is 28.9 Å². The van der Waals surface area contributed by atoms with E-state index in [1.165, 1.54) is 6.20 Å². The van der Waals surface area contributed by atoms with E-state index in [0.29, 0.717) is 21.6 Å². The standard InChI is InChI=1S/C10H7BrCl2N4/c11-5-1-2-8(6(12)3-5)16-9-7(13)4-15-10(14)17-9/h1-4H,(H3,14,15,16,17). The normalized spacial score (nSPS) is 10.3. The van der Waals surface area contributed by atoms with Gasteiger partial charge in [-0.1, -0.05) is 39.1 Å². The zero-order valence-corrected chi connectivity index (χ0v) is 11.5. The van der Waals surface area contributed by atoms with Gasteiger partial charge in [-0.3, -0.25) is 0 Å². The van der Waals surface area contributed by atoms with E-state index in [1.54, 1.807) is 12.1 Å². The molecular weight excluding hydrogens is 327 g/mol. The average molecular weight is 334 g/mol. The van der Waals surface area contributed by atoms with E-state index in [9.17, 15) is 0 Å². The number of nitrogen functional groups attached to an aromatic ring is 1. The molecule has 88 valence electrons. The lowest BCUT2D eigenvalue weighted by atomic mass is 10.3. The molecule has 0 radical (unpaired) electrons. The Hall–Kier alpha value is -1.04. The van der Waals surface area contributed by atoms with E-state index >= 15 is 0 Å². The van der Waals surface area contributed by atoms with Crippen LogP contribution in [0.2, 0.25) is 10.0 Å². The average Bonchev–Trinajstić information content (AvgIpc) is 2.27. The highest BCUT2D eigenvalue weighted by molar-refractivity contribution is 9.10. The van der Waals surface area contributed by atoms with Crippen LogP contribution in [0.25, 0.3) is 0 Å². The molecule has 0 atom stereocenters. The highest BCUT2D eigenvalue weighted by atomic mass is 79.9. The minimum absolute atomic E-state index is 0.144. The summed E-state index contributed by atoms with van der Waals surface area (Å²) in [6, 6.07) is 5.43. The van der Waals surface area contributed by atoms with Gasteiger partial charge in [0.2, 0.25) is 5.95 Å². The van der Waals surface area contributed by atoms with Crippen LogP contribution < -0.4 is 11.1 Å². The third-order valence-electron chi connectivity index (χ3n) is 1.95. The third-order valence-corrected chi connectivity index (χ3v) is 3.03. The van der Waals surface area contributed by atoms with Crippen molar-refractivity contribution in [1.29, 1.82) is 0 Å². The lowest BCUT2D eigenvalue weighted by Gasteiger charge is -2.09. The summed E-state index contributed by atoms with van der Waals surface area (Å²) in [5, 5.41) is 3.91. The lowest BCUT2D eigenvalue weighted by molar-refractivity contribution is 1.18. The maximum atomic E-state index is 6.06. The Morgan fingerprint density at radius 1 is 1.24 bits per heavy atom. The van der Waals surface area contributed by atoms with Crippen molar-refractivity contribution in [3.8, 4) is 0 Å². The van der Waals surface area contributed by atoms with Gasteiger partial charge >= 0.3 is 0 Å². The highest BCUT2D eigenvalue weighted by Crippen LogP contribution is 2.30. The van der Waals surface area contributed by atoms with E-state index < -0.39 is 0 Å². The summed E-state index contributed by atoms with van der Waals surface area (Å²) in [4.78, 5) is 7.76. The number of nitrogens with one attached hydrogen (secondary N) is 1. The Morgan fingerprint density at radius 3 is 2.71 bits per heavy atom. The van der Waals surface area contributed by atoms with Gasteiger partial charge in [-0.15, -0.1) is 0 Å². The quantitative estimate of drug-likeness (QED) is 0.875. The van der Waals surface area contributed by atoms with Crippen molar-refractivity contribution in [2.45, 2.75) is 0 Å². The van der Waals surface area contributed by atoms with Gasteiger partial charge in [0.15, 0.2) is 5.82 Å². The van der Waals surface area contributed by atoms with Crippen molar-refractivity contribution in [3.05, 3.63) is 38.9 Å². The summed E-state index contributed by atoms with van der Waals surface area (Å²) in [5.41, 5.74) is 6.17. The Labute approximate surface area is 116 Å². The maximum absolute atomic E-state index is 6.06. The fraction of sp³-hybridized carbons (Fsp3) is 0. The molecule has 1 aromatic carbocycles. The molecule has 0 amide bonds. The summed E-state index contributed by atoms with van der Waals surface area (Å²) >= 11 is 15.3. The van der Waals surface area contributed by atoms with Crippen LogP contribution >= 0.6 is 39.1 Å². The molecule has 1 heterocycles. The molecule has 2 aromatic rings. The molecule has 0 unspecified atom stereocenters. The SMILES string of the molecule is Nc1ncc(Cl)c(Nc2ccc(Br)cc2Cl)n1. The zero-order chi connectivity index (χ0) is 12.4. The molecule has 0 fully saturated rings. The fourth-order valence-electron chi connectivity index (χ4n) is 1.19. The summed E-state index contributed by atoms with van der Waals surface area (Å²) in [6.07, 6.45) is 1.43. The van der Waals surface area contributed by atoms with Gasteiger partial charge < -0.3 is 11.1 Å². The number of aromatic nitrogens is 2.